The van der Waals surface area contributed by atoms with Crippen LogP contribution in [0, 0.1) is 0 Å². The zero-order valence-corrected chi connectivity index (χ0v) is 17.8. The number of nitrogens with one attached hydrogen (secondary N) is 1. The largest absolute Gasteiger partial charge is 0.385 e. The zero-order valence-electron chi connectivity index (χ0n) is 17.8. The molecule has 0 spiro atoms. The number of aromatic nitrogens is 5. The average molecular weight is 432 g/mol. The van der Waals surface area contributed by atoms with Gasteiger partial charge in [-0.3, -0.25) is 9.78 Å². The van der Waals surface area contributed by atoms with E-state index in [1.807, 2.05) is 35.2 Å². The van der Waals surface area contributed by atoms with Crippen LogP contribution in [0.1, 0.15) is 35.4 Å². The Morgan fingerprint density at radius 2 is 2.03 bits per heavy atom. The minimum atomic E-state index is -0.297. The van der Waals surface area contributed by atoms with E-state index < -0.39 is 0 Å². The van der Waals surface area contributed by atoms with Gasteiger partial charge in [-0.05, 0) is 49.6 Å². The summed E-state index contributed by atoms with van der Waals surface area (Å²) in [6.45, 7) is 1.81. The molecule has 4 aromatic rings. The molecule has 0 bridgehead atoms. The van der Waals surface area contributed by atoms with Crippen LogP contribution in [0.2, 0.25) is 0 Å². The van der Waals surface area contributed by atoms with Gasteiger partial charge in [0.25, 0.3) is 11.8 Å². The fourth-order valence-corrected chi connectivity index (χ4v) is 4.32. The molecule has 9 heteroatoms. The van der Waals surface area contributed by atoms with Crippen LogP contribution in [-0.4, -0.2) is 62.7 Å². The molecule has 4 heterocycles. The van der Waals surface area contributed by atoms with Gasteiger partial charge in [-0.15, -0.1) is 0 Å². The van der Waals surface area contributed by atoms with Gasteiger partial charge in [0.1, 0.15) is 0 Å². The predicted octanol–water partition coefficient (Wildman–Crippen LogP) is 3.22. The summed E-state index contributed by atoms with van der Waals surface area (Å²) >= 11 is 0. The number of hydrogen-bond donors (Lipinski definition) is 1. The van der Waals surface area contributed by atoms with E-state index in [1.165, 1.54) is 0 Å². The molecular weight excluding hydrogens is 408 g/mol. The first-order valence-electron chi connectivity index (χ1n) is 10.6. The van der Waals surface area contributed by atoms with E-state index in [2.05, 4.69) is 20.1 Å². The van der Waals surface area contributed by atoms with Crippen LogP contribution in [0.4, 0.5) is 0 Å². The first-order valence-corrected chi connectivity index (χ1v) is 10.6. The maximum atomic E-state index is 13.1. The monoisotopic (exact) mass is 432 g/mol. The molecule has 1 aliphatic rings. The van der Waals surface area contributed by atoms with Gasteiger partial charge in [0.05, 0.1) is 17.4 Å². The highest BCUT2D eigenvalue weighted by atomic mass is 16.5. The van der Waals surface area contributed by atoms with Gasteiger partial charge in [-0.2, -0.15) is 4.98 Å². The molecule has 5 rings (SSSR count). The highest BCUT2D eigenvalue weighted by molar-refractivity contribution is 5.97. The summed E-state index contributed by atoms with van der Waals surface area (Å²) in [7, 11) is 1.69. The molecule has 1 amide bonds. The van der Waals surface area contributed by atoms with Crippen LogP contribution in [0.5, 0.6) is 0 Å². The topological polar surface area (TPSA) is 110 Å². The van der Waals surface area contributed by atoms with Crippen molar-refractivity contribution >= 4 is 16.9 Å². The Morgan fingerprint density at radius 3 is 2.81 bits per heavy atom. The number of carbonyl (C=O) groups excluding carboxylic acids is 1. The third-order valence-electron chi connectivity index (χ3n) is 6.29. The van der Waals surface area contributed by atoms with E-state index >= 15 is 0 Å². The smallest absolute Gasteiger partial charge is 0.258 e. The number of benzene rings is 1. The Bertz CT molecular complexity index is 1210. The summed E-state index contributed by atoms with van der Waals surface area (Å²) in [6, 6.07) is 9.25. The number of likely N-dealkylation sites (tertiary alicyclic amines) is 1. The number of amides is 1. The summed E-state index contributed by atoms with van der Waals surface area (Å²) in [4.78, 5) is 31.1. The maximum Gasteiger partial charge on any atom is 0.258 e. The first kappa shape index (κ1) is 20.3. The van der Waals surface area contributed by atoms with Crippen molar-refractivity contribution in [2.45, 2.75) is 24.7 Å². The van der Waals surface area contributed by atoms with Gasteiger partial charge in [-0.25, -0.2) is 4.98 Å². The van der Waals surface area contributed by atoms with Crippen LogP contribution in [-0.2, 0) is 10.2 Å². The molecule has 164 valence electrons. The second-order valence-electron chi connectivity index (χ2n) is 8.11. The second kappa shape index (κ2) is 8.51. The SMILES string of the molecule is COCCC1(c2noc(-c3ccncc3)n2)CCN(C(=O)c2ccc3nc[nH]c3c2)CC1. The van der Waals surface area contributed by atoms with Gasteiger partial charge in [-0.1, -0.05) is 5.16 Å². The summed E-state index contributed by atoms with van der Waals surface area (Å²) in [5.74, 6) is 1.17. The van der Waals surface area contributed by atoms with Gasteiger partial charge in [0.15, 0.2) is 5.82 Å². The Morgan fingerprint density at radius 1 is 1.22 bits per heavy atom. The Kier molecular flexibility index (Phi) is 5.40. The lowest BCUT2D eigenvalue weighted by atomic mass is 9.75. The molecule has 3 aromatic heterocycles. The number of pyridine rings is 1. The quantitative estimate of drug-likeness (QED) is 0.498. The van der Waals surface area contributed by atoms with Crippen LogP contribution in [0.15, 0.2) is 53.6 Å². The highest BCUT2D eigenvalue weighted by Gasteiger charge is 2.41. The summed E-state index contributed by atoms with van der Waals surface area (Å²) in [5.41, 5.74) is 2.90. The second-order valence-corrected chi connectivity index (χ2v) is 8.11. The molecule has 1 aliphatic heterocycles. The molecule has 0 aliphatic carbocycles. The lowest BCUT2D eigenvalue weighted by Gasteiger charge is -2.39. The van der Waals surface area contributed by atoms with Crippen molar-refractivity contribution in [2.24, 2.45) is 0 Å². The Balaban J connectivity index is 1.35. The molecule has 1 fully saturated rings. The molecule has 0 unspecified atom stereocenters. The van der Waals surface area contributed by atoms with Crippen LogP contribution < -0.4 is 0 Å². The van der Waals surface area contributed by atoms with Gasteiger partial charge in [0, 0.05) is 55.7 Å². The minimum absolute atomic E-state index is 0.0208. The van der Waals surface area contributed by atoms with Crippen LogP contribution in [0.3, 0.4) is 0 Å². The van der Waals surface area contributed by atoms with E-state index in [9.17, 15) is 4.79 Å². The molecule has 9 nitrogen and oxygen atoms in total. The molecule has 0 radical (unpaired) electrons. The predicted molar refractivity (Wildman–Crippen MR) is 117 cm³/mol. The number of imidazole rings is 1. The van der Waals surface area contributed by atoms with Crippen molar-refractivity contribution in [1.82, 2.24) is 30.0 Å². The van der Waals surface area contributed by atoms with Crippen molar-refractivity contribution in [3.05, 3.63) is 60.4 Å². The molecule has 0 saturated carbocycles. The van der Waals surface area contributed by atoms with Crippen molar-refractivity contribution in [2.75, 3.05) is 26.8 Å². The summed E-state index contributed by atoms with van der Waals surface area (Å²) in [5, 5.41) is 4.32. The number of H-pyrrole nitrogens is 1. The van der Waals surface area contributed by atoms with Gasteiger partial charge >= 0.3 is 0 Å². The number of aromatic amines is 1. The normalized spacial score (nSPS) is 15.8. The third-order valence-corrected chi connectivity index (χ3v) is 6.29. The van der Waals surface area contributed by atoms with Crippen LogP contribution in [0.25, 0.3) is 22.5 Å². The van der Waals surface area contributed by atoms with E-state index in [1.54, 1.807) is 25.8 Å². The molecule has 1 saturated heterocycles. The number of ether oxygens (including phenoxy) is 1. The average Bonchev–Trinajstić information content (AvgIpc) is 3.53. The maximum absolute atomic E-state index is 13.1. The van der Waals surface area contributed by atoms with E-state index in [0.717, 1.165) is 35.9 Å². The fraction of sp³-hybridized carbons (Fsp3) is 0.348. The van der Waals surface area contributed by atoms with Gasteiger partial charge in [0.2, 0.25) is 0 Å². The highest BCUT2D eigenvalue weighted by Crippen LogP contribution is 2.38. The van der Waals surface area contributed by atoms with E-state index in [-0.39, 0.29) is 11.3 Å². The van der Waals surface area contributed by atoms with E-state index in [0.29, 0.717) is 37.0 Å². The number of nitrogens with zero attached hydrogens (tertiary/aromatic N) is 5. The molecule has 1 aromatic carbocycles. The third kappa shape index (κ3) is 3.75. The van der Waals surface area contributed by atoms with Crippen molar-refractivity contribution in [3.8, 4) is 11.5 Å². The minimum Gasteiger partial charge on any atom is -0.385 e. The number of rotatable bonds is 6. The number of methoxy groups -OCH3 is 1. The number of piperidine rings is 1. The molecule has 0 atom stereocenters. The van der Waals surface area contributed by atoms with Crippen LogP contribution >= 0.6 is 0 Å². The number of fused-ring (bicyclic) bond motifs is 1. The van der Waals surface area contributed by atoms with Crippen molar-refractivity contribution in [3.63, 3.8) is 0 Å². The molecular formula is C23H24N6O3. The standard InChI is InChI=1S/C23H24N6O3/c1-31-13-8-23(22-27-20(32-28-22)16-4-9-24-10-5-16)6-11-29(12-7-23)21(30)17-2-3-18-19(14-17)26-15-25-18/h2-5,9-10,14-15H,6-8,11-13H2,1H3,(H,25,26). The molecule has 32 heavy (non-hydrogen) atoms. The lowest BCUT2D eigenvalue weighted by Crippen LogP contribution is -2.46. The fourth-order valence-electron chi connectivity index (χ4n) is 4.32. The molecule has 1 N–H and O–H groups in total. The lowest BCUT2D eigenvalue weighted by molar-refractivity contribution is 0.0616. The van der Waals surface area contributed by atoms with E-state index in [4.69, 9.17) is 14.2 Å². The van der Waals surface area contributed by atoms with Gasteiger partial charge < -0.3 is 19.1 Å². The zero-order chi connectivity index (χ0) is 22.0. The summed E-state index contributed by atoms with van der Waals surface area (Å²) < 4.78 is 10.9. The number of hydrogen-bond acceptors (Lipinski definition) is 7. The Labute approximate surface area is 184 Å². The van der Waals surface area contributed by atoms with Crippen molar-refractivity contribution in [1.29, 1.82) is 0 Å². The summed E-state index contributed by atoms with van der Waals surface area (Å²) in [6.07, 6.45) is 7.28. The first-order chi connectivity index (χ1) is 15.7. The number of carbonyl (C=O) groups is 1. The van der Waals surface area contributed by atoms with Crippen molar-refractivity contribution < 1.29 is 14.1 Å². The Hall–Kier alpha value is -3.59.